The molecule has 0 bridgehead atoms. The van der Waals surface area contributed by atoms with Crippen LogP contribution >= 0.6 is 27.3 Å². The van der Waals surface area contributed by atoms with Crippen LogP contribution in [0.4, 0.5) is 26.2 Å². The molecule has 0 atom stereocenters. The van der Waals surface area contributed by atoms with E-state index in [2.05, 4.69) is 26.6 Å². The van der Waals surface area contributed by atoms with Gasteiger partial charge in [-0.25, -0.2) is 27.2 Å². The first kappa shape index (κ1) is 24.8. The van der Waals surface area contributed by atoms with Gasteiger partial charge in [-0.15, -0.1) is 11.3 Å². The van der Waals surface area contributed by atoms with Crippen molar-refractivity contribution in [2.45, 2.75) is 17.6 Å². The van der Waals surface area contributed by atoms with Crippen LogP contribution < -0.4 is 20.3 Å². The molecule has 0 spiro atoms. The van der Waals surface area contributed by atoms with Gasteiger partial charge in [-0.1, -0.05) is 0 Å². The molecule has 0 aliphatic carbocycles. The molecular formula is C22H18BrFN4O5S2. The first-order chi connectivity index (χ1) is 16.5. The standard InChI is InChI=1S/C22H18BrFN4O5S2/c1-11-3-6-20(34-11)35(32,33)27-22(31)26-13-4-5-18(16(24)9-13)28-19(29)8-12-7-17(25-2)15(23)10-14(12)21(28)30/h3-7,9-10,25H,8H2,1-2H3,(H2,26,27,31). The molecule has 0 radical (unpaired) electrons. The number of hydrogen-bond donors (Lipinski definition) is 3. The summed E-state index contributed by atoms with van der Waals surface area (Å²) in [5.41, 5.74) is 1.12. The van der Waals surface area contributed by atoms with E-state index >= 15 is 0 Å². The molecule has 13 heteroatoms. The summed E-state index contributed by atoms with van der Waals surface area (Å²) in [7, 11) is -2.39. The van der Waals surface area contributed by atoms with Gasteiger partial charge in [0.25, 0.3) is 15.9 Å². The summed E-state index contributed by atoms with van der Waals surface area (Å²) < 4.78 is 42.0. The van der Waals surface area contributed by atoms with Crippen LogP contribution in [-0.2, 0) is 21.2 Å². The number of carbonyl (C=O) groups is 3. The van der Waals surface area contributed by atoms with Crippen molar-refractivity contribution in [3.8, 4) is 0 Å². The number of hydrogen-bond acceptors (Lipinski definition) is 7. The highest BCUT2D eigenvalue weighted by Gasteiger charge is 2.34. The number of imide groups is 1. The predicted molar refractivity (Wildman–Crippen MR) is 134 cm³/mol. The zero-order chi connectivity index (χ0) is 25.5. The molecule has 3 N–H and O–H groups in total. The van der Waals surface area contributed by atoms with Gasteiger partial charge in [0.05, 0.1) is 12.1 Å². The van der Waals surface area contributed by atoms with Crippen LogP contribution in [0.2, 0.25) is 0 Å². The van der Waals surface area contributed by atoms with E-state index < -0.39 is 33.7 Å². The Balaban J connectivity index is 1.54. The van der Waals surface area contributed by atoms with Gasteiger partial charge in [-0.2, -0.15) is 0 Å². The maximum atomic E-state index is 15.0. The quantitative estimate of drug-likeness (QED) is 0.388. The van der Waals surface area contributed by atoms with Crippen LogP contribution in [0, 0.1) is 12.7 Å². The molecule has 2 aromatic carbocycles. The van der Waals surface area contributed by atoms with E-state index in [9.17, 15) is 27.2 Å². The average molecular weight is 581 g/mol. The van der Waals surface area contributed by atoms with Crippen molar-refractivity contribution in [3.05, 3.63) is 68.8 Å². The summed E-state index contributed by atoms with van der Waals surface area (Å²) in [6, 6.07) is 8.45. The Morgan fingerprint density at radius 2 is 1.89 bits per heavy atom. The van der Waals surface area contributed by atoms with Crippen molar-refractivity contribution in [3.63, 3.8) is 0 Å². The van der Waals surface area contributed by atoms with Gasteiger partial charge in [0, 0.05) is 33.3 Å². The van der Waals surface area contributed by atoms with E-state index in [1.165, 1.54) is 18.2 Å². The molecule has 182 valence electrons. The number of carbonyl (C=O) groups excluding carboxylic acids is 3. The number of benzene rings is 2. The molecule has 1 aliphatic rings. The zero-order valence-electron chi connectivity index (χ0n) is 18.3. The molecule has 1 aliphatic heterocycles. The van der Waals surface area contributed by atoms with Crippen molar-refractivity contribution in [1.29, 1.82) is 0 Å². The van der Waals surface area contributed by atoms with Gasteiger partial charge in [0.1, 0.15) is 10.0 Å². The molecule has 0 saturated heterocycles. The fourth-order valence-corrected chi connectivity index (χ4v) is 6.26. The lowest BCUT2D eigenvalue weighted by molar-refractivity contribution is -0.117. The number of rotatable bonds is 5. The molecule has 35 heavy (non-hydrogen) atoms. The van der Waals surface area contributed by atoms with Crippen LogP contribution in [-0.4, -0.2) is 33.3 Å². The van der Waals surface area contributed by atoms with Gasteiger partial charge in [0.2, 0.25) is 5.91 Å². The van der Waals surface area contributed by atoms with Crippen LogP contribution in [0.15, 0.2) is 51.1 Å². The molecule has 0 fully saturated rings. The molecule has 0 saturated carbocycles. The van der Waals surface area contributed by atoms with Crippen LogP contribution in [0.25, 0.3) is 0 Å². The van der Waals surface area contributed by atoms with E-state index in [0.717, 1.165) is 27.2 Å². The molecule has 4 amide bonds. The van der Waals surface area contributed by atoms with E-state index in [0.29, 0.717) is 15.7 Å². The van der Waals surface area contributed by atoms with Crippen molar-refractivity contribution < 1.29 is 27.2 Å². The third-order valence-corrected chi connectivity index (χ3v) is 8.62. The lowest BCUT2D eigenvalue weighted by atomic mass is 9.97. The minimum Gasteiger partial charge on any atom is -0.387 e. The summed E-state index contributed by atoms with van der Waals surface area (Å²) in [6.07, 6.45) is -0.106. The first-order valence-corrected chi connectivity index (χ1v) is 13.2. The second-order valence-corrected chi connectivity index (χ2v) is 11.6. The molecule has 0 unspecified atom stereocenters. The molecular weight excluding hydrogens is 563 g/mol. The Hall–Kier alpha value is -3.29. The number of fused-ring (bicyclic) bond motifs is 1. The third-order valence-electron chi connectivity index (χ3n) is 5.14. The van der Waals surface area contributed by atoms with Crippen molar-refractivity contribution >= 4 is 72.2 Å². The van der Waals surface area contributed by atoms with Gasteiger partial charge >= 0.3 is 6.03 Å². The average Bonchev–Trinajstić information content (AvgIpc) is 3.22. The zero-order valence-corrected chi connectivity index (χ0v) is 21.5. The van der Waals surface area contributed by atoms with Crippen LogP contribution in [0.3, 0.4) is 0 Å². The van der Waals surface area contributed by atoms with Gasteiger partial charge in [-0.3, -0.25) is 9.59 Å². The minimum absolute atomic E-state index is 0.0393. The monoisotopic (exact) mass is 580 g/mol. The Bertz CT molecular complexity index is 1490. The summed E-state index contributed by atoms with van der Waals surface area (Å²) in [4.78, 5) is 39.4. The summed E-state index contributed by atoms with van der Waals surface area (Å²) >= 11 is 4.35. The van der Waals surface area contributed by atoms with E-state index in [-0.39, 0.29) is 27.6 Å². The lowest BCUT2D eigenvalue weighted by Gasteiger charge is -2.28. The fourth-order valence-electron chi connectivity index (χ4n) is 3.53. The number of amides is 4. The molecule has 2 heterocycles. The van der Waals surface area contributed by atoms with Gasteiger partial charge < -0.3 is 10.6 Å². The molecule has 4 rings (SSSR count). The van der Waals surface area contributed by atoms with E-state index in [1.807, 2.05) is 4.72 Å². The van der Waals surface area contributed by atoms with Gasteiger partial charge in [-0.05, 0) is 70.9 Å². The van der Waals surface area contributed by atoms with E-state index in [1.54, 1.807) is 32.2 Å². The largest absolute Gasteiger partial charge is 0.387 e. The summed E-state index contributed by atoms with van der Waals surface area (Å²) in [6.45, 7) is 1.73. The Kier molecular flexibility index (Phi) is 6.66. The summed E-state index contributed by atoms with van der Waals surface area (Å²) in [5, 5.41) is 5.19. The Morgan fingerprint density at radius 3 is 2.51 bits per heavy atom. The number of aryl methyl sites for hydroxylation is 1. The van der Waals surface area contributed by atoms with Crippen molar-refractivity contribution in [2.24, 2.45) is 0 Å². The Morgan fingerprint density at radius 1 is 1.14 bits per heavy atom. The van der Waals surface area contributed by atoms with Crippen molar-refractivity contribution in [2.75, 3.05) is 22.6 Å². The second kappa shape index (κ2) is 9.40. The topological polar surface area (TPSA) is 125 Å². The highest BCUT2D eigenvalue weighted by molar-refractivity contribution is 9.10. The number of halogens is 2. The number of urea groups is 1. The maximum absolute atomic E-state index is 15.0. The SMILES string of the molecule is CNc1cc2c(cc1Br)C(=O)N(c1ccc(NC(=O)NS(=O)(=O)c3ccc(C)s3)cc1F)C(=O)C2. The summed E-state index contributed by atoms with van der Waals surface area (Å²) in [5.74, 6) is -2.24. The molecule has 1 aromatic heterocycles. The number of nitrogens with zero attached hydrogens (tertiary/aromatic N) is 1. The number of anilines is 3. The smallest absolute Gasteiger partial charge is 0.333 e. The van der Waals surface area contributed by atoms with E-state index in [4.69, 9.17) is 0 Å². The number of nitrogens with one attached hydrogen (secondary N) is 3. The van der Waals surface area contributed by atoms with Crippen molar-refractivity contribution in [1.82, 2.24) is 4.72 Å². The second-order valence-electron chi connectivity index (χ2n) is 7.54. The molecule has 9 nitrogen and oxygen atoms in total. The minimum atomic E-state index is -4.09. The van der Waals surface area contributed by atoms with Crippen LogP contribution in [0.5, 0.6) is 0 Å². The third kappa shape index (κ3) is 4.92. The fraction of sp³-hybridized carbons (Fsp3) is 0.136. The van der Waals surface area contributed by atoms with Gasteiger partial charge in [0.15, 0.2) is 0 Å². The number of thiophene rings is 1. The predicted octanol–water partition coefficient (Wildman–Crippen LogP) is 4.24. The van der Waals surface area contributed by atoms with Crippen LogP contribution in [0.1, 0.15) is 20.8 Å². The first-order valence-electron chi connectivity index (χ1n) is 10.1. The normalized spacial score (nSPS) is 13.4. The molecule has 3 aromatic rings. The Labute approximate surface area is 212 Å². The lowest BCUT2D eigenvalue weighted by Crippen LogP contribution is -2.43. The maximum Gasteiger partial charge on any atom is 0.333 e. The highest BCUT2D eigenvalue weighted by Crippen LogP contribution is 2.33. The number of sulfonamides is 1. The highest BCUT2D eigenvalue weighted by atomic mass is 79.9.